The summed E-state index contributed by atoms with van der Waals surface area (Å²) < 4.78 is 2.01. The highest BCUT2D eigenvalue weighted by molar-refractivity contribution is 5.94. The van der Waals surface area contributed by atoms with Crippen LogP contribution in [0.3, 0.4) is 0 Å². The molecule has 2 heterocycles. The number of hydrogen-bond donors (Lipinski definition) is 2. The molecular formula is C18H26Cl2N4O. The van der Waals surface area contributed by atoms with Gasteiger partial charge in [-0.3, -0.25) is 4.79 Å². The SMILES string of the molecule is Cl.Cl.O=C(NCCC1CCCNC1)c1ccc(Cn2ccnc2)cc1. The minimum absolute atomic E-state index is 0. The molecule has 25 heavy (non-hydrogen) atoms. The lowest BCUT2D eigenvalue weighted by atomic mass is 9.96. The van der Waals surface area contributed by atoms with Crippen molar-refractivity contribution in [3.05, 3.63) is 54.1 Å². The number of aromatic nitrogens is 2. The molecule has 1 aliphatic heterocycles. The Kier molecular flexibility index (Phi) is 9.57. The van der Waals surface area contributed by atoms with Gasteiger partial charge in [0, 0.05) is 31.0 Å². The Morgan fingerprint density at radius 3 is 2.72 bits per heavy atom. The van der Waals surface area contributed by atoms with Crippen molar-refractivity contribution in [2.45, 2.75) is 25.8 Å². The smallest absolute Gasteiger partial charge is 0.251 e. The minimum Gasteiger partial charge on any atom is -0.352 e. The molecule has 7 heteroatoms. The predicted octanol–water partition coefficient (Wildman–Crippen LogP) is 2.89. The molecular weight excluding hydrogens is 359 g/mol. The highest BCUT2D eigenvalue weighted by Gasteiger charge is 2.13. The topological polar surface area (TPSA) is 59.0 Å². The highest BCUT2D eigenvalue weighted by Crippen LogP contribution is 2.13. The summed E-state index contributed by atoms with van der Waals surface area (Å²) in [7, 11) is 0. The summed E-state index contributed by atoms with van der Waals surface area (Å²) in [5.41, 5.74) is 1.88. The fourth-order valence-corrected chi connectivity index (χ4v) is 3.01. The molecule has 1 aromatic heterocycles. The van der Waals surface area contributed by atoms with Gasteiger partial charge >= 0.3 is 0 Å². The Hall–Kier alpha value is -1.56. The Morgan fingerprint density at radius 1 is 1.28 bits per heavy atom. The van der Waals surface area contributed by atoms with E-state index in [9.17, 15) is 4.79 Å². The zero-order valence-corrected chi connectivity index (χ0v) is 15.8. The molecule has 1 amide bonds. The van der Waals surface area contributed by atoms with E-state index >= 15 is 0 Å². The van der Waals surface area contributed by atoms with Crippen LogP contribution in [0.25, 0.3) is 0 Å². The molecule has 1 unspecified atom stereocenters. The number of nitrogens with one attached hydrogen (secondary N) is 2. The number of rotatable bonds is 6. The normalized spacial score (nSPS) is 16.4. The van der Waals surface area contributed by atoms with Crippen LogP contribution in [0.2, 0.25) is 0 Å². The lowest BCUT2D eigenvalue weighted by Gasteiger charge is -2.22. The average molecular weight is 385 g/mol. The number of amides is 1. The lowest BCUT2D eigenvalue weighted by molar-refractivity contribution is 0.0950. The fourth-order valence-electron chi connectivity index (χ4n) is 3.01. The van der Waals surface area contributed by atoms with Crippen molar-refractivity contribution in [3.8, 4) is 0 Å². The molecule has 2 aromatic rings. The summed E-state index contributed by atoms with van der Waals surface area (Å²) in [5.74, 6) is 0.713. The van der Waals surface area contributed by atoms with Crippen molar-refractivity contribution in [1.82, 2.24) is 20.2 Å². The van der Waals surface area contributed by atoms with Crippen LogP contribution in [0, 0.1) is 5.92 Å². The van der Waals surface area contributed by atoms with Crippen LogP contribution >= 0.6 is 24.8 Å². The van der Waals surface area contributed by atoms with Crippen molar-refractivity contribution in [3.63, 3.8) is 0 Å². The van der Waals surface area contributed by atoms with Crippen LogP contribution in [-0.4, -0.2) is 35.1 Å². The van der Waals surface area contributed by atoms with Gasteiger partial charge in [0.1, 0.15) is 0 Å². The standard InChI is InChI=1S/C18H24N4O.2ClH/c23-18(21-9-7-15-2-1-8-19-12-15)17-5-3-16(4-6-17)13-22-11-10-20-14-22;;/h3-6,10-11,14-15,19H,1-2,7-9,12-13H2,(H,21,23);2*1H. The van der Waals surface area contributed by atoms with E-state index in [0.717, 1.165) is 43.7 Å². The molecule has 1 saturated heterocycles. The van der Waals surface area contributed by atoms with Crippen molar-refractivity contribution in [1.29, 1.82) is 0 Å². The van der Waals surface area contributed by atoms with Crippen LogP contribution < -0.4 is 10.6 Å². The quantitative estimate of drug-likeness (QED) is 0.804. The van der Waals surface area contributed by atoms with E-state index in [1.807, 2.05) is 35.0 Å². The number of nitrogens with zero attached hydrogens (tertiary/aromatic N) is 2. The zero-order valence-electron chi connectivity index (χ0n) is 14.2. The third-order valence-electron chi connectivity index (χ3n) is 4.38. The number of benzene rings is 1. The van der Waals surface area contributed by atoms with Crippen molar-refractivity contribution >= 4 is 30.7 Å². The van der Waals surface area contributed by atoms with Crippen LogP contribution in [0.5, 0.6) is 0 Å². The van der Waals surface area contributed by atoms with Gasteiger partial charge in [0.2, 0.25) is 0 Å². The van der Waals surface area contributed by atoms with Gasteiger partial charge in [-0.1, -0.05) is 12.1 Å². The summed E-state index contributed by atoms with van der Waals surface area (Å²) in [5, 5.41) is 6.44. The molecule has 5 nitrogen and oxygen atoms in total. The molecule has 3 rings (SSSR count). The van der Waals surface area contributed by atoms with Gasteiger partial charge in [-0.2, -0.15) is 0 Å². The van der Waals surface area contributed by atoms with Crippen LogP contribution in [0.15, 0.2) is 43.0 Å². The first-order valence-electron chi connectivity index (χ1n) is 8.35. The summed E-state index contributed by atoms with van der Waals surface area (Å²) in [6, 6.07) is 7.79. The number of imidazole rings is 1. The number of halogens is 2. The summed E-state index contributed by atoms with van der Waals surface area (Å²) in [6.07, 6.45) is 9.06. The predicted molar refractivity (Wildman–Crippen MR) is 105 cm³/mol. The monoisotopic (exact) mass is 384 g/mol. The maximum absolute atomic E-state index is 12.2. The van der Waals surface area contributed by atoms with Gasteiger partial charge in [0.05, 0.1) is 6.33 Å². The van der Waals surface area contributed by atoms with E-state index in [-0.39, 0.29) is 30.7 Å². The second-order valence-electron chi connectivity index (χ2n) is 6.19. The molecule has 1 aromatic carbocycles. The van der Waals surface area contributed by atoms with Gasteiger partial charge in [-0.15, -0.1) is 24.8 Å². The van der Waals surface area contributed by atoms with Crippen LogP contribution in [0.1, 0.15) is 35.2 Å². The van der Waals surface area contributed by atoms with Gasteiger partial charge in [0.25, 0.3) is 5.91 Å². The summed E-state index contributed by atoms with van der Waals surface area (Å²) in [4.78, 5) is 16.2. The first-order chi connectivity index (χ1) is 11.3. The van der Waals surface area contributed by atoms with E-state index in [0.29, 0.717) is 5.92 Å². The maximum Gasteiger partial charge on any atom is 0.251 e. The van der Waals surface area contributed by atoms with E-state index in [1.54, 1.807) is 12.5 Å². The second kappa shape index (κ2) is 11.1. The van der Waals surface area contributed by atoms with Crippen molar-refractivity contribution in [2.24, 2.45) is 5.92 Å². The molecule has 0 radical (unpaired) electrons. The lowest BCUT2D eigenvalue weighted by Crippen LogP contribution is -2.33. The van der Waals surface area contributed by atoms with E-state index in [2.05, 4.69) is 15.6 Å². The number of carbonyl (C=O) groups is 1. The van der Waals surface area contributed by atoms with Crippen LogP contribution in [-0.2, 0) is 6.54 Å². The Bertz CT molecular complexity index is 611. The first-order valence-corrected chi connectivity index (χ1v) is 8.35. The summed E-state index contributed by atoms with van der Waals surface area (Å²) >= 11 is 0. The minimum atomic E-state index is 0. The number of hydrogen-bond acceptors (Lipinski definition) is 3. The van der Waals surface area contributed by atoms with Gasteiger partial charge in [-0.05, 0) is 56.0 Å². The molecule has 1 atom stereocenters. The maximum atomic E-state index is 12.2. The molecule has 0 bridgehead atoms. The largest absolute Gasteiger partial charge is 0.352 e. The van der Waals surface area contributed by atoms with Crippen molar-refractivity contribution < 1.29 is 4.79 Å². The van der Waals surface area contributed by atoms with Gasteiger partial charge < -0.3 is 15.2 Å². The molecule has 0 spiro atoms. The van der Waals surface area contributed by atoms with E-state index < -0.39 is 0 Å². The van der Waals surface area contributed by atoms with Gasteiger partial charge in [-0.25, -0.2) is 4.98 Å². The molecule has 0 aliphatic carbocycles. The van der Waals surface area contributed by atoms with Crippen LogP contribution in [0.4, 0.5) is 0 Å². The van der Waals surface area contributed by atoms with Gasteiger partial charge in [0.15, 0.2) is 0 Å². The molecule has 138 valence electrons. The zero-order chi connectivity index (χ0) is 15.9. The number of piperidine rings is 1. The molecule has 2 N–H and O–H groups in total. The van der Waals surface area contributed by atoms with E-state index in [1.165, 1.54) is 12.8 Å². The Morgan fingerprint density at radius 2 is 2.08 bits per heavy atom. The average Bonchev–Trinajstić information content (AvgIpc) is 3.09. The third kappa shape index (κ3) is 6.69. The first kappa shape index (κ1) is 21.5. The molecule has 0 saturated carbocycles. The fraction of sp³-hybridized carbons (Fsp3) is 0.444. The Labute approximate surface area is 161 Å². The van der Waals surface area contributed by atoms with E-state index in [4.69, 9.17) is 0 Å². The third-order valence-corrected chi connectivity index (χ3v) is 4.38. The number of carbonyl (C=O) groups excluding carboxylic acids is 1. The highest BCUT2D eigenvalue weighted by atomic mass is 35.5. The van der Waals surface area contributed by atoms with Crippen molar-refractivity contribution in [2.75, 3.05) is 19.6 Å². The molecule has 1 fully saturated rings. The Balaban J connectivity index is 0.00000156. The summed E-state index contributed by atoms with van der Waals surface area (Å²) in [6.45, 7) is 3.74. The molecule has 1 aliphatic rings. The second-order valence-corrected chi connectivity index (χ2v) is 6.19.